The van der Waals surface area contributed by atoms with E-state index in [4.69, 9.17) is 33.7 Å². The average Bonchev–Trinajstić information content (AvgIpc) is 2.39. The first-order valence-electron chi connectivity index (χ1n) is 6.05. The summed E-state index contributed by atoms with van der Waals surface area (Å²) in [6.07, 6.45) is 0.952. The van der Waals surface area contributed by atoms with Crippen LogP contribution in [0, 0.1) is 0 Å². The van der Waals surface area contributed by atoms with Crippen LogP contribution in [0.25, 0.3) is 0 Å². The Labute approximate surface area is 123 Å². The molecule has 0 bridgehead atoms. The fourth-order valence-electron chi connectivity index (χ4n) is 1.74. The van der Waals surface area contributed by atoms with Crippen molar-refractivity contribution in [1.82, 2.24) is 0 Å². The van der Waals surface area contributed by atoms with Crippen LogP contribution < -0.4 is 10.5 Å². The maximum atomic E-state index is 6.09. The lowest BCUT2D eigenvalue weighted by Crippen LogP contribution is -2.00. The number of nitrogen functional groups attached to an aromatic ring is 1. The van der Waals surface area contributed by atoms with Gasteiger partial charge in [-0.15, -0.1) is 0 Å². The van der Waals surface area contributed by atoms with Crippen molar-refractivity contribution in [2.24, 2.45) is 0 Å². The van der Waals surface area contributed by atoms with Crippen molar-refractivity contribution in [3.05, 3.63) is 57.6 Å². The molecule has 2 nitrogen and oxygen atoms in total. The highest BCUT2D eigenvalue weighted by molar-refractivity contribution is 6.35. The highest BCUT2D eigenvalue weighted by Crippen LogP contribution is 2.26. The van der Waals surface area contributed by atoms with Gasteiger partial charge in [0.1, 0.15) is 12.4 Å². The number of ether oxygens (including phenoxy) is 1. The Morgan fingerprint density at radius 1 is 1.11 bits per heavy atom. The molecule has 0 spiro atoms. The number of anilines is 1. The topological polar surface area (TPSA) is 35.2 Å². The van der Waals surface area contributed by atoms with Gasteiger partial charge < -0.3 is 10.5 Å². The highest BCUT2D eigenvalue weighted by atomic mass is 35.5. The first-order valence-corrected chi connectivity index (χ1v) is 6.81. The number of hydrogen-bond donors (Lipinski definition) is 1. The summed E-state index contributed by atoms with van der Waals surface area (Å²) in [5, 5.41) is 1.21. The largest absolute Gasteiger partial charge is 0.487 e. The van der Waals surface area contributed by atoms with Crippen LogP contribution in [0.5, 0.6) is 5.75 Å². The predicted molar refractivity (Wildman–Crippen MR) is 81.0 cm³/mol. The van der Waals surface area contributed by atoms with Crippen LogP contribution in [-0.4, -0.2) is 0 Å². The van der Waals surface area contributed by atoms with Crippen LogP contribution >= 0.6 is 23.2 Å². The smallest absolute Gasteiger partial charge is 0.142 e. The molecule has 2 N–H and O–H groups in total. The van der Waals surface area contributed by atoms with E-state index in [1.165, 1.54) is 5.56 Å². The Hall–Kier alpha value is -1.38. The second-order valence-corrected chi connectivity index (χ2v) is 5.09. The Kier molecular flexibility index (Phi) is 4.56. The fourth-order valence-corrected chi connectivity index (χ4v) is 2.21. The third-order valence-corrected chi connectivity index (χ3v) is 3.47. The first kappa shape index (κ1) is 14.0. The van der Waals surface area contributed by atoms with Gasteiger partial charge in [0.25, 0.3) is 0 Å². The molecule has 0 amide bonds. The van der Waals surface area contributed by atoms with Crippen LogP contribution in [0.2, 0.25) is 10.0 Å². The van der Waals surface area contributed by atoms with Gasteiger partial charge >= 0.3 is 0 Å². The van der Waals surface area contributed by atoms with Gasteiger partial charge in [-0.25, -0.2) is 0 Å². The van der Waals surface area contributed by atoms with E-state index in [-0.39, 0.29) is 0 Å². The van der Waals surface area contributed by atoms with Crippen LogP contribution in [-0.2, 0) is 13.0 Å². The minimum atomic E-state index is 0.367. The zero-order valence-electron chi connectivity index (χ0n) is 10.6. The van der Waals surface area contributed by atoms with Crippen molar-refractivity contribution in [3.63, 3.8) is 0 Å². The summed E-state index contributed by atoms with van der Waals surface area (Å²) in [6, 6.07) is 11.2. The van der Waals surface area contributed by atoms with Gasteiger partial charge in [0.2, 0.25) is 0 Å². The molecule has 0 unspecified atom stereocenters. The molecular weight excluding hydrogens is 281 g/mol. The molecule has 0 aliphatic heterocycles. The first-order chi connectivity index (χ1) is 9.10. The van der Waals surface area contributed by atoms with Crippen molar-refractivity contribution in [3.8, 4) is 5.75 Å². The molecule has 2 rings (SSSR count). The lowest BCUT2D eigenvalue weighted by atomic mass is 10.1. The molecule has 19 heavy (non-hydrogen) atoms. The summed E-state index contributed by atoms with van der Waals surface area (Å²) in [4.78, 5) is 0. The SMILES string of the molecule is CCc1ccc(OCc2ccc(Cl)cc2Cl)c(N)c1. The summed E-state index contributed by atoms with van der Waals surface area (Å²) >= 11 is 11.9. The number of aryl methyl sites for hydroxylation is 1. The molecule has 2 aromatic carbocycles. The highest BCUT2D eigenvalue weighted by Gasteiger charge is 2.05. The molecule has 0 aliphatic rings. The van der Waals surface area contributed by atoms with E-state index >= 15 is 0 Å². The molecule has 0 fully saturated rings. The monoisotopic (exact) mass is 295 g/mol. The summed E-state index contributed by atoms with van der Waals surface area (Å²) in [5.74, 6) is 0.670. The second kappa shape index (κ2) is 6.18. The Bertz CT molecular complexity index is 584. The summed E-state index contributed by atoms with van der Waals surface area (Å²) in [7, 11) is 0. The molecule has 0 heterocycles. The molecule has 0 aliphatic carbocycles. The van der Waals surface area contributed by atoms with Gasteiger partial charge in [-0.2, -0.15) is 0 Å². The van der Waals surface area contributed by atoms with Crippen molar-refractivity contribution >= 4 is 28.9 Å². The van der Waals surface area contributed by atoms with Crippen LogP contribution in [0.15, 0.2) is 36.4 Å². The quantitative estimate of drug-likeness (QED) is 0.829. The van der Waals surface area contributed by atoms with Crippen molar-refractivity contribution < 1.29 is 4.74 Å². The van der Waals surface area contributed by atoms with Gasteiger partial charge in [0.15, 0.2) is 0 Å². The number of nitrogens with two attached hydrogens (primary N) is 1. The normalized spacial score (nSPS) is 10.5. The minimum absolute atomic E-state index is 0.367. The molecule has 0 atom stereocenters. The molecule has 0 radical (unpaired) electrons. The van der Waals surface area contributed by atoms with E-state index in [0.717, 1.165) is 12.0 Å². The molecule has 4 heteroatoms. The van der Waals surface area contributed by atoms with E-state index in [1.807, 2.05) is 24.3 Å². The van der Waals surface area contributed by atoms with E-state index in [2.05, 4.69) is 6.92 Å². The van der Waals surface area contributed by atoms with E-state index in [9.17, 15) is 0 Å². The van der Waals surface area contributed by atoms with Gasteiger partial charge in [-0.05, 0) is 36.2 Å². The average molecular weight is 296 g/mol. The van der Waals surface area contributed by atoms with Gasteiger partial charge in [-0.1, -0.05) is 42.3 Å². The van der Waals surface area contributed by atoms with Crippen molar-refractivity contribution in [2.75, 3.05) is 5.73 Å². The third kappa shape index (κ3) is 3.55. The number of benzene rings is 2. The minimum Gasteiger partial charge on any atom is -0.487 e. The third-order valence-electron chi connectivity index (χ3n) is 2.88. The van der Waals surface area contributed by atoms with Gasteiger partial charge in [0.05, 0.1) is 5.69 Å². The van der Waals surface area contributed by atoms with Crippen LogP contribution in [0.1, 0.15) is 18.1 Å². The van der Waals surface area contributed by atoms with Gasteiger partial charge in [-0.3, -0.25) is 0 Å². The zero-order chi connectivity index (χ0) is 13.8. The van der Waals surface area contributed by atoms with Gasteiger partial charge in [0, 0.05) is 15.6 Å². The molecule has 100 valence electrons. The number of hydrogen-bond acceptors (Lipinski definition) is 2. The molecule has 0 saturated carbocycles. The summed E-state index contributed by atoms with van der Waals surface area (Å²) in [6.45, 7) is 2.45. The predicted octanol–water partition coefficient (Wildman–Crippen LogP) is 4.72. The maximum Gasteiger partial charge on any atom is 0.142 e. The number of rotatable bonds is 4. The fraction of sp³-hybridized carbons (Fsp3) is 0.200. The number of halogens is 2. The second-order valence-electron chi connectivity index (χ2n) is 4.25. The standard InChI is InChI=1S/C15H15Cl2NO/c1-2-10-3-6-15(14(18)7-10)19-9-11-4-5-12(16)8-13(11)17/h3-8H,2,9,18H2,1H3. The molecule has 2 aromatic rings. The van der Waals surface area contributed by atoms with Crippen LogP contribution in [0.4, 0.5) is 5.69 Å². The lowest BCUT2D eigenvalue weighted by molar-refractivity contribution is 0.308. The summed E-state index contributed by atoms with van der Waals surface area (Å²) in [5.41, 5.74) is 8.66. The lowest BCUT2D eigenvalue weighted by Gasteiger charge is -2.11. The Morgan fingerprint density at radius 3 is 2.53 bits per heavy atom. The van der Waals surface area contributed by atoms with Crippen molar-refractivity contribution in [2.45, 2.75) is 20.0 Å². The van der Waals surface area contributed by atoms with E-state index in [1.54, 1.807) is 12.1 Å². The zero-order valence-corrected chi connectivity index (χ0v) is 12.1. The Balaban J connectivity index is 2.10. The molecular formula is C15H15Cl2NO. The Morgan fingerprint density at radius 2 is 1.89 bits per heavy atom. The van der Waals surface area contributed by atoms with E-state index in [0.29, 0.717) is 28.1 Å². The summed E-state index contributed by atoms with van der Waals surface area (Å²) < 4.78 is 5.69. The van der Waals surface area contributed by atoms with E-state index < -0.39 is 0 Å². The van der Waals surface area contributed by atoms with Crippen molar-refractivity contribution in [1.29, 1.82) is 0 Å². The molecule has 0 saturated heterocycles. The molecule has 0 aromatic heterocycles. The van der Waals surface area contributed by atoms with Crippen LogP contribution in [0.3, 0.4) is 0 Å². The maximum absolute atomic E-state index is 6.09.